The predicted molar refractivity (Wildman–Crippen MR) is 165 cm³/mol. The first-order chi connectivity index (χ1) is 22.5. The van der Waals surface area contributed by atoms with Gasteiger partial charge >= 0.3 is 11.9 Å². The van der Waals surface area contributed by atoms with Crippen LogP contribution in [0.1, 0.15) is 28.9 Å². The van der Waals surface area contributed by atoms with Crippen LogP contribution in [0.25, 0.3) is 0 Å². The van der Waals surface area contributed by atoms with Gasteiger partial charge in [-0.05, 0) is 36.8 Å². The summed E-state index contributed by atoms with van der Waals surface area (Å²) < 4.78 is 51.7. The molecule has 0 bridgehead atoms. The number of aromatic nitrogens is 1. The summed E-state index contributed by atoms with van der Waals surface area (Å²) in [6, 6.07) is 6.89. The first-order valence-electron chi connectivity index (χ1n) is 14.4. The Hall–Kier alpha value is -3.87. The molecule has 0 aliphatic heterocycles. The summed E-state index contributed by atoms with van der Waals surface area (Å²) in [6.07, 6.45) is 1.48. The van der Waals surface area contributed by atoms with Crippen LogP contribution >= 0.6 is 11.6 Å². The third-order valence-corrected chi connectivity index (χ3v) is 7.73. The number of rotatable bonds is 25. The van der Waals surface area contributed by atoms with Crippen molar-refractivity contribution in [2.24, 2.45) is 0 Å². The largest absolute Gasteiger partial charge is 0.492 e. The zero-order chi connectivity index (χ0) is 34.5. The molecule has 0 fully saturated rings. The molecular formula is C29H38ClN3O13S. The van der Waals surface area contributed by atoms with Crippen molar-refractivity contribution in [2.45, 2.75) is 23.5 Å². The monoisotopic (exact) mass is 703 g/mol. The molecule has 1 aromatic heterocycles. The number of carboxylic acid groups (broad SMARTS) is 2. The standard InChI is InChI=1S/C29H38ClN3O13S/c30-24-16-23(5-6-25(24)46-9-1-2-27(35)36)47(40,41)20-22-4-3-21(17-33-22)29(39)32-8-11-43-12-14-44-18-26(34)31-7-10-42-13-15-45-19-28(37)38/h3-6,16-17H,1-2,7-15,18-20H2,(H,31,34)(H,32,39)(H,35,36)(H,37,38). The highest BCUT2D eigenvalue weighted by atomic mass is 35.5. The Bertz CT molecular complexity index is 1410. The lowest BCUT2D eigenvalue weighted by atomic mass is 10.2. The number of nitrogens with zero attached hydrogens (tertiary/aromatic N) is 1. The van der Waals surface area contributed by atoms with Gasteiger partial charge in [0.1, 0.15) is 19.0 Å². The van der Waals surface area contributed by atoms with E-state index in [1.807, 2.05) is 0 Å². The molecule has 0 atom stereocenters. The molecule has 18 heteroatoms. The van der Waals surface area contributed by atoms with Crippen molar-refractivity contribution in [3.63, 3.8) is 0 Å². The summed E-state index contributed by atoms with van der Waals surface area (Å²) in [6.45, 7) is 1.13. The fourth-order valence-corrected chi connectivity index (χ4v) is 5.14. The van der Waals surface area contributed by atoms with Gasteiger partial charge in [-0.1, -0.05) is 11.6 Å². The van der Waals surface area contributed by atoms with Crippen LogP contribution < -0.4 is 15.4 Å². The van der Waals surface area contributed by atoms with Crippen molar-refractivity contribution in [3.05, 3.63) is 52.8 Å². The van der Waals surface area contributed by atoms with E-state index in [2.05, 4.69) is 15.6 Å². The lowest BCUT2D eigenvalue weighted by molar-refractivity contribution is -0.143. The normalized spacial score (nSPS) is 11.2. The molecule has 1 aromatic carbocycles. The number of ether oxygens (including phenoxy) is 5. The molecule has 0 unspecified atom stereocenters. The molecule has 0 saturated carbocycles. The minimum Gasteiger partial charge on any atom is -0.492 e. The average Bonchev–Trinajstić information content (AvgIpc) is 3.02. The van der Waals surface area contributed by atoms with Gasteiger partial charge in [-0.2, -0.15) is 0 Å². The second-order valence-electron chi connectivity index (χ2n) is 9.56. The second kappa shape index (κ2) is 21.8. The fraction of sp³-hybridized carbons (Fsp3) is 0.483. The Morgan fingerprint density at radius 1 is 0.787 bits per heavy atom. The minimum atomic E-state index is -3.82. The van der Waals surface area contributed by atoms with E-state index in [1.54, 1.807) is 0 Å². The average molecular weight is 704 g/mol. The number of pyridine rings is 1. The van der Waals surface area contributed by atoms with Gasteiger partial charge in [0.05, 0.1) is 73.2 Å². The van der Waals surface area contributed by atoms with E-state index in [0.717, 1.165) is 0 Å². The maximum Gasteiger partial charge on any atom is 0.329 e. The number of amides is 2. The van der Waals surface area contributed by atoms with E-state index in [1.165, 1.54) is 36.5 Å². The molecule has 0 aliphatic rings. The zero-order valence-corrected chi connectivity index (χ0v) is 27.1. The zero-order valence-electron chi connectivity index (χ0n) is 25.5. The molecule has 47 heavy (non-hydrogen) atoms. The van der Waals surface area contributed by atoms with Crippen LogP contribution in [0.4, 0.5) is 0 Å². The van der Waals surface area contributed by atoms with Gasteiger partial charge in [0.15, 0.2) is 9.84 Å². The molecule has 0 radical (unpaired) electrons. The Morgan fingerprint density at radius 2 is 1.45 bits per heavy atom. The Balaban J connectivity index is 1.59. The molecule has 2 amide bonds. The van der Waals surface area contributed by atoms with E-state index >= 15 is 0 Å². The fourth-order valence-electron chi connectivity index (χ4n) is 3.54. The highest BCUT2D eigenvalue weighted by molar-refractivity contribution is 7.90. The topological polar surface area (TPSA) is 226 Å². The molecule has 260 valence electrons. The number of nitrogens with one attached hydrogen (secondary N) is 2. The first kappa shape index (κ1) is 39.3. The van der Waals surface area contributed by atoms with Crippen molar-refractivity contribution in [3.8, 4) is 5.75 Å². The summed E-state index contributed by atoms with van der Waals surface area (Å²) >= 11 is 6.16. The summed E-state index contributed by atoms with van der Waals surface area (Å²) in [4.78, 5) is 49.0. The van der Waals surface area contributed by atoms with Crippen LogP contribution in [-0.2, 0) is 48.9 Å². The van der Waals surface area contributed by atoms with Crippen molar-refractivity contribution >= 4 is 45.2 Å². The van der Waals surface area contributed by atoms with Gasteiger partial charge in [-0.3, -0.25) is 19.4 Å². The molecular weight excluding hydrogens is 666 g/mol. The van der Waals surface area contributed by atoms with Gasteiger partial charge in [0.2, 0.25) is 5.91 Å². The van der Waals surface area contributed by atoms with Crippen LogP contribution in [0, 0.1) is 0 Å². The van der Waals surface area contributed by atoms with E-state index < -0.39 is 40.0 Å². The maximum atomic E-state index is 12.9. The summed E-state index contributed by atoms with van der Waals surface area (Å²) in [5, 5.41) is 22.4. The minimum absolute atomic E-state index is 0.0428. The van der Waals surface area contributed by atoms with E-state index in [9.17, 15) is 27.6 Å². The van der Waals surface area contributed by atoms with Crippen LogP contribution in [0.15, 0.2) is 41.4 Å². The quantitative estimate of drug-likeness (QED) is 0.106. The van der Waals surface area contributed by atoms with Gasteiger partial charge in [0, 0.05) is 25.7 Å². The van der Waals surface area contributed by atoms with E-state index in [0.29, 0.717) is 0 Å². The lowest BCUT2D eigenvalue weighted by Gasteiger charge is -2.10. The SMILES string of the molecule is O=C(O)CCCOc1ccc(S(=O)(=O)Cc2ccc(C(=O)NCCOCCOCC(=O)NCCOCCOCC(=O)O)cn2)cc1Cl. The van der Waals surface area contributed by atoms with Crippen molar-refractivity contribution < 1.29 is 61.5 Å². The Morgan fingerprint density at radius 3 is 2.06 bits per heavy atom. The summed E-state index contributed by atoms with van der Waals surface area (Å²) in [5.74, 6) is -2.96. The smallest absolute Gasteiger partial charge is 0.329 e. The van der Waals surface area contributed by atoms with E-state index in [-0.39, 0.29) is 112 Å². The second-order valence-corrected chi connectivity index (χ2v) is 12.0. The lowest BCUT2D eigenvalue weighted by Crippen LogP contribution is -2.31. The molecule has 0 spiro atoms. The predicted octanol–water partition coefficient (Wildman–Crippen LogP) is 0.950. The molecule has 2 rings (SSSR count). The Labute approximate surface area is 276 Å². The number of aliphatic carboxylic acids is 2. The van der Waals surface area contributed by atoms with E-state index in [4.69, 9.17) is 45.5 Å². The Kier molecular flexibility index (Phi) is 18.3. The van der Waals surface area contributed by atoms with Crippen LogP contribution in [0.5, 0.6) is 5.75 Å². The highest BCUT2D eigenvalue weighted by Gasteiger charge is 2.19. The van der Waals surface area contributed by atoms with Crippen LogP contribution in [0.2, 0.25) is 5.02 Å². The maximum absolute atomic E-state index is 12.9. The summed E-state index contributed by atoms with van der Waals surface area (Å²) in [7, 11) is -3.82. The van der Waals surface area contributed by atoms with Gasteiger partial charge < -0.3 is 44.5 Å². The number of halogens is 1. The van der Waals surface area contributed by atoms with Crippen LogP contribution in [0.3, 0.4) is 0 Å². The molecule has 0 aliphatic carbocycles. The number of hydrogen-bond donors (Lipinski definition) is 4. The number of carbonyl (C=O) groups excluding carboxylic acids is 2. The molecule has 16 nitrogen and oxygen atoms in total. The van der Waals surface area contributed by atoms with Crippen molar-refractivity contribution in [2.75, 3.05) is 72.6 Å². The van der Waals surface area contributed by atoms with Crippen LogP contribution in [-0.4, -0.2) is 120 Å². The highest BCUT2D eigenvalue weighted by Crippen LogP contribution is 2.29. The van der Waals surface area contributed by atoms with Gasteiger partial charge in [-0.15, -0.1) is 0 Å². The number of hydrogen-bond acceptors (Lipinski definition) is 12. The number of carbonyl (C=O) groups is 4. The number of benzene rings is 1. The third-order valence-electron chi connectivity index (χ3n) is 5.78. The van der Waals surface area contributed by atoms with Gasteiger partial charge in [0.25, 0.3) is 5.91 Å². The molecule has 0 saturated heterocycles. The van der Waals surface area contributed by atoms with Crippen molar-refractivity contribution in [1.82, 2.24) is 15.6 Å². The molecule has 2 aromatic rings. The number of carboxylic acids is 2. The van der Waals surface area contributed by atoms with Crippen molar-refractivity contribution in [1.29, 1.82) is 0 Å². The summed E-state index contributed by atoms with van der Waals surface area (Å²) in [5.41, 5.74) is 0.446. The third kappa shape index (κ3) is 17.0. The van der Waals surface area contributed by atoms with Gasteiger partial charge in [-0.25, -0.2) is 13.2 Å². The number of sulfone groups is 1. The molecule has 4 N–H and O–H groups in total. The first-order valence-corrected chi connectivity index (χ1v) is 16.4. The molecule has 1 heterocycles.